The number of hydrogen-bond donors (Lipinski definition) is 4. The molecule has 0 amide bonds. The van der Waals surface area contributed by atoms with Crippen molar-refractivity contribution < 1.29 is 23.6 Å². The summed E-state index contributed by atoms with van der Waals surface area (Å²) in [5.41, 5.74) is 7.71. The lowest BCUT2D eigenvalue weighted by Crippen LogP contribution is -2.37. The molecule has 0 aliphatic heterocycles. The van der Waals surface area contributed by atoms with E-state index in [-0.39, 0.29) is 54.7 Å². The number of nitrogens with zero attached hydrogens (tertiary/aromatic N) is 1. The lowest BCUT2D eigenvalue weighted by Gasteiger charge is -2.27. The molecule has 0 bridgehead atoms. The summed E-state index contributed by atoms with van der Waals surface area (Å²) >= 11 is 9.26. The lowest BCUT2D eigenvalue weighted by atomic mass is 9.78. The second kappa shape index (κ2) is 14.2. The van der Waals surface area contributed by atoms with Gasteiger partial charge < -0.3 is 30.4 Å². The predicted octanol–water partition coefficient (Wildman–Crippen LogP) is 4.09. The third kappa shape index (κ3) is 9.36. The van der Waals surface area contributed by atoms with Crippen molar-refractivity contribution in [2.75, 3.05) is 31.4 Å². The van der Waals surface area contributed by atoms with Crippen LogP contribution < -0.4 is 21.1 Å². The first kappa shape index (κ1) is 29.5. The molecule has 2 aromatic rings. The van der Waals surface area contributed by atoms with Crippen LogP contribution in [0.2, 0.25) is 0 Å². The summed E-state index contributed by atoms with van der Waals surface area (Å²) in [4.78, 5) is 0. The highest BCUT2D eigenvalue weighted by Crippen LogP contribution is 2.36. The Balaban J connectivity index is 1.97. The Kier molecular flexibility index (Phi) is 11.9. The largest absolute Gasteiger partial charge is 0.491 e. The predicted molar refractivity (Wildman–Crippen MR) is 143 cm³/mol. The number of ether oxygens (including phenoxy) is 2. The fourth-order valence-corrected chi connectivity index (χ4v) is 4.01. The van der Waals surface area contributed by atoms with E-state index < -0.39 is 12.2 Å². The zero-order valence-corrected chi connectivity index (χ0v) is 22.8. The van der Waals surface area contributed by atoms with Gasteiger partial charge in [0.25, 0.3) is 0 Å². The van der Waals surface area contributed by atoms with Gasteiger partial charge in [0.1, 0.15) is 36.9 Å². The molecule has 35 heavy (non-hydrogen) atoms. The average Bonchev–Trinajstić information content (AvgIpc) is 2.81. The van der Waals surface area contributed by atoms with Crippen LogP contribution in [0.15, 0.2) is 58.8 Å². The highest BCUT2D eigenvalue weighted by Gasteiger charge is 2.24. The van der Waals surface area contributed by atoms with Crippen LogP contribution in [-0.2, 0) is 5.41 Å². The molecule has 7 nitrogen and oxygen atoms in total. The van der Waals surface area contributed by atoms with Crippen molar-refractivity contribution >= 4 is 39.7 Å². The van der Waals surface area contributed by atoms with Crippen LogP contribution in [0.3, 0.4) is 0 Å². The number of aliphatic hydroxyl groups excluding tert-OH is 2. The van der Waals surface area contributed by atoms with Crippen molar-refractivity contribution in [2.24, 2.45) is 11.6 Å². The molecule has 11 heteroatoms. The third-order valence-electron chi connectivity index (χ3n) is 5.26. The second-order valence-corrected chi connectivity index (χ2v) is 10.2. The van der Waals surface area contributed by atoms with E-state index >= 15 is 0 Å². The van der Waals surface area contributed by atoms with Crippen molar-refractivity contribution in [3.63, 3.8) is 0 Å². The highest BCUT2D eigenvalue weighted by molar-refractivity contribution is 9.10. The van der Waals surface area contributed by atoms with Gasteiger partial charge in [-0.3, -0.25) is 0 Å². The van der Waals surface area contributed by atoms with E-state index in [4.69, 9.17) is 32.7 Å². The monoisotopic (exact) mass is 591 g/mol. The molecular weight excluding hydrogens is 561 g/mol. The molecule has 2 atom stereocenters. The summed E-state index contributed by atoms with van der Waals surface area (Å²) in [5.74, 6) is 7.12. The van der Waals surface area contributed by atoms with E-state index in [0.717, 1.165) is 15.6 Å². The molecule has 0 saturated carbocycles. The molecule has 0 spiro atoms. The lowest BCUT2D eigenvalue weighted by molar-refractivity contribution is 0.0817. The number of hydrogen-bond acceptors (Lipinski definition) is 8. The van der Waals surface area contributed by atoms with E-state index in [1.165, 1.54) is 11.2 Å². The van der Waals surface area contributed by atoms with Crippen molar-refractivity contribution in [1.82, 2.24) is 5.01 Å². The Hall–Kier alpha value is -1.69. The summed E-state index contributed by atoms with van der Waals surface area (Å²) in [6.45, 7) is 4.47. The van der Waals surface area contributed by atoms with Gasteiger partial charge in [-0.25, -0.2) is 5.84 Å². The van der Waals surface area contributed by atoms with E-state index in [1.54, 1.807) is 0 Å². The van der Waals surface area contributed by atoms with Crippen LogP contribution in [0.5, 0.6) is 11.5 Å². The Morgan fingerprint density at radius 3 is 2.37 bits per heavy atom. The summed E-state index contributed by atoms with van der Waals surface area (Å²) in [6.07, 6.45) is -0.202. The summed E-state index contributed by atoms with van der Waals surface area (Å²) in [7, 11) is 0. The number of hydrazine groups is 1. The number of aliphatic hydroxyl groups is 2. The van der Waals surface area contributed by atoms with Crippen molar-refractivity contribution in [3.8, 4) is 11.5 Å². The molecule has 0 heterocycles. The number of benzene rings is 2. The van der Waals surface area contributed by atoms with Crippen molar-refractivity contribution in [2.45, 2.75) is 31.5 Å². The molecule has 194 valence electrons. The zero-order valence-electron chi connectivity index (χ0n) is 19.7. The highest BCUT2D eigenvalue weighted by atomic mass is 79.9. The third-order valence-corrected chi connectivity index (χ3v) is 6.67. The van der Waals surface area contributed by atoms with E-state index in [1.807, 2.05) is 42.5 Å². The van der Waals surface area contributed by atoms with Gasteiger partial charge in [-0.05, 0) is 51.3 Å². The summed E-state index contributed by atoms with van der Waals surface area (Å²) < 4.78 is 24.3. The maximum atomic E-state index is 12.2. The Morgan fingerprint density at radius 2 is 1.77 bits per heavy atom. The standard InChI is InChI=1S/C24H32BrClFN3O4S/c1-24(2,17-5-8-23(22(25)9-17)34-13-19(31)10-26)16-3-6-21(7-4-16)33-14-20(32)12-30(29)11-18(28)15-35-27/h3-9,11,19-20,31-32H,10,12-15,28-29H2,1-2H3/b18-11-. The van der Waals surface area contributed by atoms with E-state index in [2.05, 4.69) is 29.8 Å². The molecule has 2 aromatic carbocycles. The molecule has 0 radical (unpaired) electrons. The number of rotatable bonds is 14. The first-order valence-corrected chi connectivity index (χ1v) is 13.1. The molecule has 0 fully saturated rings. The smallest absolute Gasteiger partial charge is 0.133 e. The fraction of sp³-hybridized carbons (Fsp3) is 0.417. The van der Waals surface area contributed by atoms with Gasteiger partial charge in [0.15, 0.2) is 0 Å². The van der Waals surface area contributed by atoms with Gasteiger partial charge in [0.05, 0.1) is 34.8 Å². The van der Waals surface area contributed by atoms with Crippen LogP contribution in [0.4, 0.5) is 3.89 Å². The molecule has 0 aliphatic rings. The first-order chi connectivity index (χ1) is 16.6. The zero-order chi connectivity index (χ0) is 26.0. The summed E-state index contributed by atoms with van der Waals surface area (Å²) in [5, 5.41) is 21.0. The van der Waals surface area contributed by atoms with Gasteiger partial charge in [0.2, 0.25) is 0 Å². The Labute approximate surface area is 223 Å². The van der Waals surface area contributed by atoms with Crippen LogP contribution in [0.1, 0.15) is 25.0 Å². The maximum Gasteiger partial charge on any atom is 0.133 e. The number of alkyl halides is 1. The average molecular weight is 593 g/mol. The molecule has 0 aliphatic carbocycles. The SMILES string of the molecule is CC(C)(c1ccc(OCC(O)CN(N)/C=C(\N)CSF)cc1)c1ccc(OCC(O)CCl)c(Br)c1. The molecule has 6 N–H and O–H groups in total. The van der Waals surface area contributed by atoms with Gasteiger partial charge in [0, 0.05) is 17.3 Å². The van der Waals surface area contributed by atoms with Gasteiger partial charge in [-0.1, -0.05) is 32.0 Å². The molecule has 2 rings (SSSR count). The molecule has 2 unspecified atom stereocenters. The van der Waals surface area contributed by atoms with Gasteiger partial charge in [-0.2, -0.15) is 3.89 Å². The van der Waals surface area contributed by atoms with Crippen molar-refractivity contribution in [3.05, 3.63) is 70.0 Å². The molecule has 0 saturated heterocycles. The van der Waals surface area contributed by atoms with Gasteiger partial charge >= 0.3 is 0 Å². The van der Waals surface area contributed by atoms with E-state index in [0.29, 0.717) is 11.5 Å². The van der Waals surface area contributed by atoms with E-state index in [9.17, 15) is 14.1 Å². The summed E-state index contributed by atoms with van der Waals surface area (Å²) in [6, 6.07) is 13.5. The van der Waals surface area contributed by atoms with Crippen LogP contribution >= 0.6 is 39.7 Å². The Bertz CT molecular complexity index is 968. The Morgan fingerprint density at radius 1 is 1.14 bits per heavy atom. The minimum Gasteiger partial charge on any atom is -0.491 e. The maximum absolute atomic E-state index is 12.2. The quantitative estimate of drug-likeness (QED) is 0.147. The van der Waals surface area contributed by atoms with Crippen molar-refractivity contribution in [1.29, 1.82) is 0 Å². The molecule has 0 aromatic heterocycles. The van der Waals surface area contributed by atoms with Crippen LogP contribution in [0, 0.1) is 0 Å². The number of nitrogens with two attached hydrogens (primary N) is 2. The van der Waals surface area contributed by atoms with Crippen LogP contribution in [0.25, 0.3) is 0 Å². The number of halogens is 3. The topological polar surface area (TPSA) is 114 Å². The minimum absolute atomic E-state index is 0.0105. The van der Waals surface area contributed by atoms with Gasteiger partial charge in [-0.15, -0.1) is 11.6 Å². The normalized spacial score (nSPS) is 13.9. The fourth-order valence-electron chi connectivity index (χ4n) is 3.23. The molecular formula is C24H32BrClFN3O4S. The van der Waals surface area contributed by atoms with Crippen LogP contribution in [-0.4, -0.2) is 58.8 Å². The minimum atomic E-state index is -0.859. The first-order valence-electron chi connectivity index (χ1n) is 10.9. The second-order valence-electron chi connectivity index (χ2n) is 8.53.